The van der Waals surface area contributed by atoms with Crippen molar-refractivity contribution in [2.45, 2.75) is 27.2 Å². The van der Waals surface area contributed by atoms with E-state index in [1.165, 1.54) is 4.90 Å². The number of rotatable bonds is 6. The lowest BCUT2D eigenvalue weighted by Gasteiger charge is -2.22. The summed E-state index contributed by atoms with van der Waals surface area (Å²) in [5.41, 5.74) is 2.54. The van der Waals surface area contributed by atoms with Crippen LogP contribution in [0.4, 0.5) is 5.69 Å². The molecule has 0 atom stereocenters. The molecule has 0 fully saturated rings. The summed E-state index contributed by atoms with van der Waals surface area (Å²) in [6, 6.07) is 12.5. The quantitative estimate of drug-likeness (QED) is 0.845. The topological polar surface area (TPSA) is 69.6 Å². The molecule has 0 bridgehead atoms. The average molecular weight is 340 g/mol. The fourth-order valence-corrected chi connectivity index (χ4v) is 2.60. The van der Waals surface area contributed by atoms with Gasteiger partial charge in [0.1, 0.15) is 12.3 Å². The Hall–Kier alpha value is -2.82. The Morgan fingerprint density at radius 2 is 1.72 bits per heavy atom. The van der Waals surface area contributed by atoms with Crippen molar-refractivity contribution in [2.75, 3.05) is 18.4 Å². The number of phenolic OH excluding ortho intramolecular Hbond substituents is 1. The zero-order valence-electron chi connectivity index (χ0n) is 14.9. The van der Waals surface area contributed by atoms with E-state index in [-0.39, 0.29) is 29.7 Å². The summed E-state index contributed by atoms with van der Waals surface area (Å²) >= 11 is 0. The molecule has 0 unspecified atom stereocenters. The number of carbonyl (C=O) groups is 2. The predicted octanol–water partition coefficient (Wildman–Crippen LogP) is 3.50. The van der Waals surface area contributed by atoms with Crippen molar-refractivity contribution in [3.63, 3.8) is 0 Å². The highest BCUT2D eigenvalue weighted by Crippen LogP contribution is 2.23. The number of anilines is 1. The van der Waals surface area contributed by atoms with Crippen LogP contribution < -0.4 is 5.32 Å². The Kier molecular flexibility index (Phi) is 6.17. The van der Waals surface area contributed by atoms with Crippen molar-refractivity contribution in [1.82, 2.24) is 4.90 Å². The van der Waals surface area contributed by atoms with Crippen LogP contribution in [0.3, 0.4) is 0 Å². The minimum absolute atomic E-state index is 0.0343. The minimum atomic E-state index is -0.344. The van der Waals surface area contributed by atoms with E-state index in [9.17, 15) is 14.7 Å². The molecular formula is C20H24N2O3. The summed E-state index contributed by atoms with van der Waals surface area (Å²) in [7, 11) is 0. The van der Waals surface area contributed by atoms with Gasteiger partial charge in [0.2, 0.25) is 5.91 Å². The Morgan fingerprint density at radius 1 is 1.04 bits per heavy atom. The number of aromatic hydroxyl groups is 1. The first-order valence-electron chi connectivity index (χ1n) is 8.37. The van der Waals surface area contributed by atoms with E-state index in [2.05, 4.69) is 5.32 Å². The van der Waals surface area contributed by atoms with E-state index >= 15 is 0 Å². The number of aryl methyl sites for hydroxylation is 2. The van der Waals surface area contributed by atoms with Crippen molar-refractivity contribution >= 4 is 17.5 Å². The third-order valence-corrected chi connectivity index (χ3v) is 4.00. The van der Waals surface area contributed by atoms with Crippen molar-refractivity contribution < 1.29 is 14.7 Å². The minimum Gasteiger partial charge on any atom is -0.507 e. The molecule has 2 aromatic carbocycles. The molecule has 0 spiro atoms. The Labute approximate surface area is 148 Å². The van der Waals surface area contributed by atoms with E-state index in [0.29, 0.717) is 12.1 Å². The molecule has 0 aliphatic heterocycles. The van der Waals surface area contributed by atoms with Gasteiger partial charge in [-0.2, -0.15) is 0 Å². The fraction of sp³-hybridized carbons (Fsp3) is 0.300. The van der Waals surface area contributed by atoms with Crippen LogP contribution in [-0.4, -0.2) is 34.9 Å². The molecule has 0 heterocycles. The predicted molar refractivity (Wildman–Crippen MR) is 98.8 cm³/mol. The fourth-order valence-electron chi connectivity index (χ4n) is 2.60. The van der Waals surface area contributed by atoms with Crippen LogP contribution in [0.1, 0.15) is 34.8 Å². The zero-order chi connectivity index (χ0) is 18.4. The largest absolute Gasteiger partial charge is 0.507 e. The van der Waals surface area contributed by atoms with Crippen LogP contribution in [-0.2, 0) is 4.79 Å². The highest BCUT2D eigenvalue weighted by Gasteiger charge is 2.21. The molecule has 2 N–H and O–H groups in total. The lowest BCUT2D eigenvalue weighted by molar-refractivity contribution is -0.116. The number of para-hydroxylation sites is 2. The second-order valence-electron chi connectivity index (χ2n) is 6.06. The highest BCUT2D eigenvalue weighted by atomic mass is 16.3. The summed E-state index contributed by atoms with van der Waals surface area (Å²) in [6.45, 7) is 5.97. The lowest BCUT2D eigenvalue weighted by atomic mass is 10.1. The van der Waals surface area contributed by atoms with E-state index < -0.39 is 0 Å². The van der Waals surface area contributed by atoms with Gasteiger partial charge in [0.25, 0.3) is 5.91 Å². The third-order valence-electron chi connectivity index (χ3n) is 4.00. The number of nitrogens with zero attached hydrogens (tertiary/aromatic N) is 1. The molecule has 2 amide bonds. The lowest BCUT2D eigenvalue weighted by Crippen LogP contribution is -2.38. The summed E-state index contributed by atoms with van der Waals surface area (Å²) < 4.78 is 0. The van der Waals surface area contributed by atoms with Gasteiger partial charge in [-0.1, -0.05) is 37.3 Å². The summed E-state index contributed by atoms with van der Waals surface area (Å²) in [5, 5.41) is 13.0. The van der Waals surface area contributed by atoms with Crippen molar-refractivity contribution in [3.8, 4) is 5.75 Å². The van der Waals surface area contributed by atoms with Crippen LogP contribution >= 0.6 is 0 Å². The molecule has 0 aromatic heterocycles. The maximum atomic E-state index is 12.7. The summed E-state index contributed by atoms with van der Waals surface area (Å²) in [4.78, 5) is 26.6. The summed E-state index contributed by atoms with van der Waals surface area (Å²) in [6.07, 6.45) is 0.718. The van der Waals surface area contributed by atoms with Gasteiger partial charge >= 0.3 is 0 Å². The molecule has 0 aliphatic carbocycles. The SMILES string of the molecule is CCCN(CC(=O)Nc1ccccc1C)C(=O)c1cccc(C)c1O. The Bertz CT molecular complexity index is 771. The van der Waals surface area contributed by atoms with Gasteiger partial charge in [-0.15, -0.1) is 0 Å². The number of hydrogen-bond donors (Lipinski definition) is 2. The zero-order valence-corrected chi connectivity index (χ0v) is 14.9. The van der Waals surface area contributed by atoms with Gasteiger partial charge in [0, 0.05) is 12.2 Å². The normalized spacial score (nSPS) is 10.4. The molecule has 2 rings (SSSR count). The van der Waals surface area contributed by atoms with Crippen LogP contribution in [0.5, 0.6) is 5.75 Å². The molecule has 2 aromatic rings. The smallest absolute Gasteiger partial charge is 0.258 e. The molecule has 0 saturated heterocycles. The molecular weight excluding hydrogens is 316 g/mol. The standard InChI is InChI=1S/C20H24N2O3/c1-4-12-22(20(25)16-10-7-9-15(3)19(16)24)13-18(23)21-17-11-6-5-8-14(17)2/h5-11,24H,4,12-13H2,1-3H3,(H,21,23). The monoisotopic (exact) mass is 340 g/mol. The third kappa shape index (κ3) is 4.59. The Morgan fingerprint density at radius 3 is 2.40 bits per heavy atom. The first-order valence-corrected chi connectivity index (χ1v) is 8.37. The molecule has 132 valence electrons. The molecule has 5 heteroatoms. The number of nitrogens with one attached hydrogen (secondary N) is 1. The maximum absolute atomic E-state index is 12.7. The highest BCUT2D eigenvalue weighted by molar-refractivity contribution is 6.01. The van der Waals surface area contributed by atoms with Gasteiger partial charge in [-0.3, -0.25) is 9.59 Å². The van der Waals surface area contributed by atoms with E-state index in [1.54, 1.807) is 25.1 Å². The van der Waals surface area contributed by atoms with Crippen molar-refractivity contribution in [2.24, 2.45) is 0 Å². The molecule has 0 radical (unpaired) electrons. The van der Waals surface area contributed by atoms with Crippen molar-refractivity contribution in [3.05, 3.63) is 59.2 Å². The molecule has 0 aliphatic rings. The van der Waals surface area contributed by atoms with Crippen LogP contribution in [0, 0.1) is 13.8 Å². The van der Waals surface area contributed by atoms with Crippen LogP contribution in [0.15, 0.2) is 42.5 Å². The number of phenols is 1. The van der Waals surface area contributed by atoms with Gasteiger partial charge in [0.15, 0.2) is 0 Å². The second kappa shape index (κ2) is 8.33. The van der Waals surface area contributed by atoms with Crippen molar-refractivity contribution in [1.29, 1.82) is 0 Å². The van der Waals surface area contributed by atoms with E-state index in [0.717, 1.165) is 17.7 Å². The number of amides is 2. The molecule has 5 nitrogen and oxygen atoms in total. The van der Waals surface area contributed by atoms with E-state index in [1.807, 2.05) is 38.1 Å². The number of benzene rings is 2. The van der Waals surface area contributed by atoms with Crippen LogP contribution in [0.2, 0.25) is 0 Å². The second-order valence-corrected chi connectivity index (χ2v) is 6.06. The Balaban J connectivity index is 2.15. The first-order chi connectivity index (χ1) is 11.9. The number of hydrogen-bond acceptors (Lipinski definition) is 3. The van der Waals surface area contributed by atoms with Gasteiger partial charge in [-0.25, -0.2) is 0 Å². The van der Waals surface area contributed by atoms with Crippen LogP contribution in [0.25, 0.3) is 0 Å². The maximum Gasteiger partial charge on any atom is 0.258 e. The number of carbonyl (C=O) groups excluding carboxylic acids is 2. The average Bonchev–Trinajstić information content (AvgIpc) is 2.58. The van der Waals surface area contributed by atoms with E-state index in [4.69, 9.17) is 0 Å². The van der Waals surface area contributed by atoms with Gasteiger partial charge in [0.05, 0.1) is 5.56 Å². The first kappa shape index (κ1) is 18.5. The summed E-state index contributed by atoms with van der Waals surface area (Å²) in [5.74, 6) is -0.640. The van der Waals surface area contributed by atoms with Gasteiger partial charge < -0.3 is 15.3 Å². The molecule has 25 heavy (non-hydrogen) atoms. The molecule has 0 saturated carbocycles. The van der Waals surface area contributed by atoms with Gasteiger partial charge in [-0.05, 0) is 43.5 Å².